The number of halogens is 1. The Bertz CT molecular complexity index is 767. The van der Waals surface area contributed by atoms with E-state index in [2.05, 4.69) is 5.32 Å². The van der Waals surface area contributed by atoms with Gasteiger partial charge in [0.15, 0.2) is 5.82 Å². The standard InChI is InChI=1S/C14H12FN3O4/c15-9-6-13(18(21)22)10(16-8-3-4-8)7-12(9)17-5-1-2-11(17)14(19)20/h1-2,5-8,16H,3-4H2,(H,19,20). The van der Waals surface area contributed by atoms with Gasteiger partial charge in [-0.25, -0.2) is 9.18 Å². The second-order valence-corrected chi connectivity index (χ2v) is 5.07. The Morgan fingerprint density at radius 2 is 2.18 bits per heavy atom. The van der Waals surface area contributed by atoms with Crippen molar-refractivity contribution >= 4 is 17.3 Å². The Labute approximate surface area is 124 Å². The van der Waals surface area contributed by atoms with E-state index in [1.807, 2.05) is 0 Å². The third-order valence-electron chi connectivity index (χ3n) is 3.43. The van der Waals surface area contributed by atoms with E-state index in [9.17, 15) is 19.3 Å². The number of nitro benzene ring substituents is 1. The number of anilines is 1. The van der Waals surface area contributed by atoms with Crippen LogP contribution >= 0.6 is 0 Å². The number of aromatic carboxylic acids is 1. The molecule has 0 unspecified atom stereocenters. The Hall–Kier alpha value is -2.90. The molecule has 2 N–H and O–H groups in total. The van der Waals surface area contributed by atoms with Gasteiger partial charge in [0.25, 0.3) is 5.69 Å². The van der Waals surface area contributed by atoms with Gasteiger partial charge in [-0.3, -0.25) is 10.1 Å². The average molecular weight is 305 g/mol. The molecule has 0 amide bonds. The Morgan fingerprint density at radius 3 is 2.77 bits per heavy atom. The number of hydrogen-bond donors (Lipinski definition) is 2. The number of aromatic nitrogens is 1. The number of carboxylic acids is 1. The maximum atomic E-state index is 14.2. The van der Waals surface area contributed by atoms with Crippen molar-refractivity contribution in [2.24, 2.45) is 0 Å². The molecule has 3 rings (SSSR count). The van der Waals surface area contributed by atoms with Crippen LogP contribution in [-0.4, -0.2) is 26.6 Å². The number of benzene rings is 1. The van der Waals surface area contributed by atoms with Gasteiger partial charge in [0.05, 0.1) is 16.7 Å². The van der Waals surface area contributed by atoms with Gasteiger partial charge in [0.1, 0.15) is 11.4 Å². The predicted molar refractivity (Wildman–Crippen MR) is 76.0 cm³/mol. The van der Waals surface area contributed by atoms with Crippen LogP contribution in [-0.2, 0) is 0 Å². The van der Waals surface area contributed by atoms with Crippen molar-refractivity contribution in [1.82, 2.24) is 4.57 Å². The maximum absolute atomic E-state index is 14.2. The van der Waals surface area contributed by atoms with Crippen molar-refractivity contribution in [1.29, 1.82) is 0 Å². The molecule has 1 aliphatic rings. The van der Waals surface area contributed by atoms with E-state index in [0.717, 1.165) is 23.5 Å². The second kappa shape index (κ2) is 5.14. The van der Waals surface area contributed by atoms with Crippen LogP contribution in [0, 0.1) is 15.9 Å². The van der Waals surface area contributed by atoms with E-state index in [4.69, 9.17) is 5.11 Å². The molecule has 0 radical (unpaired) electrons. The summed E-state index contributed by atoms with van der Waals surface area (Å²) in [5.74, 6) is -2.06. The van der Waals surface area contributed by atoms with Crippen LogP contribution in [0.15, 0.2) is 30.5 Å². The normalized spacial score (nSPS) is 13.9. The lowest BCUT2D eigenvalue weighted by Gasteiger charge is -2.12. The van der Waals surface area contributed by atoms with Crippen LogP contribution in [0.2, 0.25) is 0 Å². The van der Waals surface area contributed by atoms with Crippen molar-refractivity contribution in [3.05, 3.63) is 52.1 Å². The SMILES string of the molecule is O=C(O)c1cccn1-c1cc(NC2CC2)c([N+](=O)[O-])cc1F. The highest BCUT2D eigenvalue weighted by atomic mass is 19.1. The van der Waals surface area contributed by atoms with E-state index < -0.39 is 16.7 Å². The van der Waals surface area contributed by atoms with E-state index >= 15 is 0 Å². The molecule has 1 heterocycles. The molecule has 0 atom stereocenters. The lowest BCUT2D eigenvalue weighted by Crippen LogP contribution is -2.10. The molecule has 0 spiro atoms. The molecule has 22 heavy (non-hydrogen) atoms. The fourth-order valence-corrected chi connectivity index (χ4v) is 2.22. The Kier molecular flexibility index (Phi) is 3.28. The van der Waals surface area contributed by atoms with E-state index in [0.29, 0.717) is 0 Å². The molecule has 8 heteroatoms. The number of nitrogens with one attached hydrogen (secondary N) is 1. The molecule has 0 aliphatic heterocycles. The highest BCUT2D eigenvalue weighted by Crippen LogP contribution is 2.34. The van der Waals surface area contributed by atoms with Gasteiger partial charge in [0, 0.05) is 12.2 Å². The van der Waals surface area contributed by atoms with Gasteiger partial charge < -0.3 is 15.0 Å². The Morgan fingerprint density at radius 1 is 1.45 bits per heavy atom. The summed E-state index contributed by atoms with van der Waals surface area (Å²) in [4.78, 5) is 21.5. The monoisotopic (exact) mass is 305 g/mol. The molecular formula is C14H12FN3O4. The van der Waals surface area contributed by atoms with Gasteiger partial charge >= 0.3 is 5.97 Å². The predicted octanol–water partition coefficient (Wildman–Crippen LogP) is 2.80. The number of hydrogen-bond acceptors (Lipinski definition) is 4. The molecule has 1 aromatic carbocycles. The Balaban J connectivity index is 2.13. The quantitative estimate of drug-likeness (QED) is 0.654. The summed E-state index contributed by atoms with van der Waals surface area (Å²) in [5.41, 5.74) is -0.340. The minimum Gasteiger partial charge on any atom is -0.477 e. The maximum Gasteiger partial charge on any atom is 0.352 e. The molecule has 0 bridgehead atoms. The smallest absolute Gasteiger partial charge is 0.352 e. The zero-order valence-corrected chi connectivity index (χ0v) is 11.3. The van der Waals surface area contributed by atoms with Crippen molar-refractivity contribution in [3.8, 4) is 5.69 Å². The fourth-order valence-electron chi connectivity index (χ4n) is 2.22. The molecular weight excluding hydrogens is 293 g/mol. The molecule has 1 aromatic heterocycles. The minimum atomic E-state index is -1.21. The van der Waals surface area contributed by atoms with Crippen molar-refractivity contribution in [3.63, 3.8) is 0 Å². The summed E-state index contributed by atoms with van der Waals surface area (Å²) in [7, 11) is 0. The zero-order chi connectivity index (χ0) is 15.9. The van der Waals surface area contributed by atoms with Crippen LogP contribution in [0.25, 0.3) is 5.69 Å². The second-order valence-electron chi connectivity index (χ2n) is 5.07. The lowest BCUT2D eigenvalue weighted by atomic mass is 10.2. The first-order chi connectivity index (χ1) is 10.5. The first kappa shape index (κ1) is 14.1. The van der Waals surface area contributed by atoms with Crippen LogP contribution in [0.1, 0.15) is 23.3 Å². The lowest BCUT2D eigenvalue weighted by molar-refractivity contribution is -0.384. The summed E-state index contributed by atoms with van der Waals surface area (Å²) < 4.78 is 15.4. The van der Waals surface area contributed by atoms with Crippen LogP contribution < -0.4 is 5.32 Å². The highest BCUT2D eigenvalue weighted by molar-refractivity contribution is 5.87. The average Bonchev–Trinajstić information content (AvgIpc) is 3.13. The van der Waals surface area contributed by atoms with Gasteiger partial charge in [0.2, 0.25) is 0 Å². The fraction of sp³-hybridized carbons (Fsp3) is 0.214. The third-order valence-corrected chi connectivity index (χ3v) is 3.43. The van der Waals surface area contributed by atoms with Crippen molar-refractivity contribution < 1.29 is 19.2 Å². The van der Waals surface area contributed by atoms with E-state index in [1.165, 1.54) is 24.4 Å². The molecule has 1 aliphatic carbocycles. The first-order valence-corrected chi connectivity index (χ1v) is 6.63. The molecule has 114 valence electrons. The molecule has 7 nitrogen and oxygen atoms in total. The highest BCUT2D eigenvalue weighted by Gasteiger charge is 2.27. The minimum absolute atomic E-state index is 0.0452. The number of carbonyl (C=O) groups is 1. The number of nitrogens with zero attached hydrogens (tertiary/aromatic N) is 2. The first-order valence-electron chi connectivity index (χ1n) is 6.63. The number of nitro groups is 1. The van der Waals surface area contributed by atoms with Crippen LogP contribution in [0.5, 0.6) is 0 Å². The zero-order valence-electron chi connectivity index (χ0n) is 11.3. The topological polar surface area (TPSA) is 97.4 Å². The molecule has 2 aromatic rings. The molecule has 1 fully saturated rings. The van der Waals surface area contributed by atoms with Crippen LogP contribution in [0.3, 0.4) is 0 Å². The summed E-state index contributed by atoms with van der Waals surface area (Å²) in [5, 5.41) is 23.1. The van der Waals surface area contributed by atoms with Gasteiger partial charge in [-0.1, -0.05) is 0 Å². The van der Waals surface area contributed by atoms with Gasteiger partial charge in [-0.2, -0.15) is 0 Å². The van der Waals surface area contributed by atoms with E-state index in [-0.39, 0.29) is 28.8 Å². The number of rotatable bonds is 5. The summed E-state index contributed by atoms with van der Waals surface area (Å²) >= 11 is 0. The molecule has 1 saturated carbocycles. The van der Waals surface area contributed by atoms with Crippen molar-refractivity contribution in [2.45, 2.75) is 18.9 Å². The van der Waals surface area contributed by atoms with Gasteiger partial charge in [-0.05, 0) is 31.0 Å². The summed E-state index contributed by atoms with van der Waals surface area (Å²) in [6, 6.07) is 5.03. The number of carboxylic acid groups (broad SMARTS) is 1. The van der Waals surface area contributed by atoms with E-state index in [1.54, 1.807) is 0 Å². The van der Waals surface area contributed by atoms with Gasteiger partial charge in [-0.15, -0.1) is 0 Å². The third kappa shape index (κ3) is 2.50. The largest absolute Gasteiger partial charge is 0.477 e. The van der Waals surface area contributed by atoms with Crippen LogP contribution in [0.4, 0.5) is 15.8 Å². The summed E-state index contributed by atoms with van der Waals surface area (Å²) in [6.45, 7) is 0. The molecule has 0 saturated heterocycles. The summed E-state index contributed by atoms with van der Waals surface area (Å²) in [6.07, 6.45) is 3.19. The van der Waals surface area contributed by atoms with Crippen molar-refractivity contribution in [2.75, 3.05) is 5.32 Å².